The van der Waals surface area contributed by atoms with Gasteiger partial charge in [0.15, 0.2) is 5.16 Å². The molecule has 1 unspecified atom stereocenters. The molecule has 0 radical (unpaired) electrons. The monoisotopic (exact) mass is 259 g/mol. The predicted molar refractivity (Wildman–Crippen MR) is 65.4 cm³/mol. The summed E-state index contributed by atoms with van der Waals surface area (Å²) in [4.78, 5) is 22.5. The molecule has 0 aliphatic rings. The smallest absolute Gasteiger partial charge is 0.294 e. The molecule has 0 fully saturated rings. The molecule has 1 aromatic heterocycles. The first kappa shape index (κ1) is 13.8. The van der Waals surface area contributed by atoms with Gasteiger partial charge in [-0.15, -0.1) is 5.10 Å². The maximum atomic E-state index is 11.4. The molecule has 0 saturated heterocycles. The van der Waals surface area contributed by atoms with Gasteiger partial charge in [-0.2, -0.15) is 0 Å². The molecule has 4 N–H and O–H groups in total. The number of amides is 1. The molecule has 1 aromatic rings. The van der Waals surface area contributed by atoms with Gasteiger partial charge in [-0.3, -0.25) is 14.8 Å². The molecule has 0 aromatic carbocycles. The summed E-state index contributed by atoms with van der Waals surface area (Å²) in [5.41, 5.74) is 1.86. The minimum atomic E-state index is -0.232. The van der Waals surface area contributed by atoms with Crippen LogP contribution in [0.2, 0.25) is 0 Å². The first-order chi connectivity index (χ1) is 8.08. The van der Waals surface area contributed by atoms with Crippen molar-refractivity contribution in [1.82, 2.24) is 20.2 Å². The number of nitrogens with zero attached hydrogens (tertiary/aromatic N) is 2. The maximum Gasteiger partial charge on any atom is 0.343 e. The summed E-state index contributed by atoms with van der Waals surface area (Å²) in [5.74, 6) is 4.78. The lowest BCUT2D eigenvalue weighted by molar-refractivity contribution is -0.121. The number of rotatable bonds is 6. The Hall–Kier alpha value is -1.28. The molecule has 1 rings (SSSR count). The van der Waals surface area contributed by atoms with Crippen molar-refractivity contribution in [3.8, 4) is 0 Å². The normalized spacial score (nSPS) is 12.4. The lowest BCUT2D eigenvalue weighted by Gasteiger charge is -2.09. The molecule has 0 aliphatic carbocycles. The van der Waals surface area contributed by atoms with E-state index in [4.69, 9.17) is 5.84 Å². The molecule has 1 atom stereocenters. The highest BCUT2D eigenvalue weighted by molar-refractivity contribution is 7.99. The number of nitrogens with two attached hydrogens (primary N) is 1. The average molecular weight is 259 g/mol. The third kappa shape index (κ3) is 3.90. The van der Waals surface area contributed by atoms with E-state index in [1.807, 2.05) is 13.8 Å². The van der Waals surface area contributed by atoms with Crippen LogP contribution in [-0.2, 0) is 11.3 Å². The fourth-order valence-corrected chi connectivity index (χ4v) is 2.35. The number of nitrogens with one attached hydrogen (secondary N) is 2. The van der Waals surface area contributed by atoms with E-state index in [9.17, 15) is 9.59 Å². The molecule has 8 heteroatoms. The largest absolute Gasteiger partial charge is 0.343 e. The minimum Gasteiger partial charge on any atom is -0.294 e. The van der Waals surface area contributed by atoms with Gasteiger partial charge in [0, 0.05) is 18.2 Å². The number of aromatic nitrogens is 3. The van der Waals surface area contributed by atoms with Crippen LogP contribution in [0.25, 0.3) is 0 Å². The Morgan fingerprint density at radius 3 is 3.00 bits per heavy atom. The SMILES string of the molecule is CCCn1c(SC(C)CC(=O)NN)n[nH]c1=O. The number of carbonyl (C=O) groups is 1. The number of hydrogen-bond donors (Lipinski definition) is 3. The van der Waals surface area contributed by atoms with Gasteiger partial charge in [0.2, 0.25) is 5.91 Å². The van der Waals surface area contributed by atoms with Crippen LogP contribution in [-0.4, -0.2) is 25.9 Å². The second kappa shape index (κ2) is 6.45. The Kier molecular flexibility index (Phi) is 5.23. The van der Waals surface area contributed by atoms with Crippen LogP contribution in [0.5, 0.6) is 0 Å². The van der Waals surface area contributed by atoms with Crippen LogP contribution in [0.15, 0.2) is 9.95 Å². The molecule has 1 heterocycles. The highest BCUT2D eigenvalue weighted by Crippen LogP contribution is 2.21. The minimum absolute atomic E-state index is 0.00403. The third-order valence-electron chi connectivity index (χ3n) is 2.11. The predicted octanol–water partition coefficient (Wildman–Crippen LogP) is -0.158. The zero-order valence-corrected chi connectivity index (χ0v) is 10.7. The van der Waals surface area contributed by atoms with Crippen molar-refractivity contribution in [3.05, 3.63) is 10.5 Å². The highest BCUT2D eigenvalue weighted by atomic mass is 32.2. The summed E-state index contributed by atoms with van der Waals surface area (Å²) in [7, 11) is 0. The molecule has 0 bridgehead atoms. The first-order valence-electron chi connectivity index (χ1n) is 5.39. The quantitative estimate of drug-likeness (QED) is 0.285. The van der Waals surface area contributed by atoms with Crippen LogP contribution >= 0.6 is 11.8 Å². The fourth-order valence-electron chi connectivity index (χ4n) is 1.36. The lowest BCUT2D eigenvalue weighted by atomic mass is 10.3. The number of aromatic amines is 1. The van der Waals surface area contributed by atoms with Crippen LogP contribution in [0, 0.1) is 0 Å². The zero-order chi connectivity index (χ0) is 12.8. The van der Waals surface area contributed by atoms with Gasteiger partial charge in [-0.1, -0.05) is 25.6 Å². The van der Waals surface area contributed by atoms with Gasteiger partial charge in [0.1, 0.15) is 0 Å². The van der Waals surface area contributed by atoms with Crippen LogP contribution < -0.4 is 17.0 Å². The number of hydrogen-bond acceptors (Lipinski definition) is 5. The van der Waals surface area contributed by atoms with Crippen molar-refractivity contribution in [2.24, 2.45) is 5.84 Å². The Balaban J connectivity index is 2.67. The van der Waals surface area contributed by atoms with Crippen molar-refractivity contribution in [2.75, 3.05) is 0 Å². The van der Waals surface area contributed by atoms with Crippen molar-refractivity contribution in [2.45, 2.75) is 43.6 Å². The van der Waals surface area contributed by atoms with Gasteiger partial charge in [0.05, 0.1) is 0 Å². The van der Waals surface area contributed by atoms with Crippen LogP contribution in [0.4, 0.5) is 0 Å². The topological polar surface area (TPSA) is 106 Å². The number of hydrazine groups is 1. The number of H-pyrrole nitrogens is 1. The molecule has 17 heavy (non-hydrogen) atoms. The van der Waals surface area contributed by atoms with E-state index in [0.29, 0.717) is 11.7 Å². The second-order valence-corrected chi connectivity index (χ2v) is 5.07. The van der Waals surface area contributed by atoms with Gasteiger partial charge in [-0.05, 0) is 6.42 Å². The first-order valence-corrected chi connectivity index (χ1v) is 6.27. The van der Waals surface area contributed by atoms with E-state index < -0.39 is 0 Å². The summed E-state index contributed by atoms with van der Waals surface area (Å²) in [5, 5.41) is 6.95. The Morgan fingerprint density at radius 1 is 1.71 bits per heavy atom. The summed E-state index contributed by atoms with van der Waals surface area (Å²) in [6, 6.07) is 0. The number of carbonyl (C=O) groups excluding carboxylic acids is 1. The maximum absolute atomic E-state index is 11.4. The zero-order valence-electron chi connectivity index (χ0n) is 9.90. The van der Waals surface area contributed by atoms with Gasteiger partial charge in [-0.25, -0.2) is 15.7 Å². The van der Waals surface area contributed by atoms with E-state index in [1.165, 1.54) is 11.8 Å². The molecule has 0 spiro atoms. The van der Waals surface area contributed by atoms with Gasteiger partial charge >= 0.3 is 5.69 Å². The molecular weight excluding hydrogens is 242 g/mol. The number of thioether (sulfide) groups is 1. The van der Waals surface area contributed by atoms with Crippen LogP contribution in [0.1, 0.15) is 26.7 Å². The van der Waals surface area contributed by atoms with E-state index in [-0.39, 0.29) is 23.3 Å². The van der Waals surface area contributed by atoms with Crippen LogP contribution in [0.3, 0.4) is 0 Å². The highest BCUT2D eigenvalue weighted by Gasteiger charge is 2.14. The molecule has 7 nitrogen and oxygen atoms in total. The van der Waals surface area contributed by atoms with Crippen molar-refractivity contribution >= 4 is 17.7 Å². The molecule has 0 saturated carbocycles. The van der Waals surface area contributed by atoms with E-state index in [2.05, 4.69) is 15.6 Å². The fraction of sp³-hybridized carbons (Fsp3) is 0.667. The van der Waals surface area contributed by atoms with Gasteiger partial charge < -0.3 is 0 Å². The molecular formula is C9H17N5O2S. The average Bonchev–Trinajstić information content (AvgIpc) is 2.61. The summed E-state index contributed by atoms with van der Waals surface area (Å²) < 4.78 is 1.57. The van der Waals surface area contributed by atoms with Crippen molar-refractivity contribution < 1.29 is 4.79 Å². The summed E-state index contributed by atoms with van der Waals surface area (Å²) in [6.45, 7) is 4.49. The Morgan fingerprint density at radius 2 is 2.41 bits per heavy atom. The van der Waals surface area contributed by atoms with Crippen molar-refractivity contribution in [3.63, 3.8) is 0 Å². The van der Waals surface area contributed by atoms with E-state index >= 15 is 0 Å². The van der Waals surface area contributed by atoms with E-state index in [0.717, 1.165) is 6.42 Å². The molecule has 0 aliphatic heterocycles. The standard InChI is InChI=1S/C9H17N5O2S/c1-3-4-14-8(16)12-13-9(14)17-6(2)5-7(15)11-10/h6H,3-5,10H2,1-2H3,(H,11,15)(H,12,16). The Labute approximate surface area is 103 Å². The second-order valence-electron chi connectivity index (χ2n) is 3.66. The molecule has 96 valence electrons. The van der Waals surface area contributed by atoms with Gasteiger partial charge in [0.25, 0.3) is 0 Å². The summed E-state index contributed by atoms with van der Waals surface area (Å²) >= 11 is 1.38. The lowest BCUT2D eigenvalue weighted by Crippen LogP contribution is -2.31. The summed E-state index contributed by atoms with van der Waals surface area (Å²) in [6.07, 6.45) is 1.14. The van der Waals surface area contributed by atoms with E-state index in [1.54, 1.807) is 4.57 Å². The molecule has 1 amide bonds. The Bertz CT molecular complexity index is 427. The third-order valence-corrected chi connectivity index (χ3v) is 3.20. The van der Waals surface area contributed by atoms with Crippen molar-refractivity contribution in [1.29, 1.82) is 0 Å².